The second-order valence-electron chi connectivity index (χ2n) is 3.78. The largest absolute Gasteiger partial charge is 0.402 e. The Kier molecular flexibility index (Phi) is 2.90. The van der Waals surface area contributed by atoms with E-state index in [9.17, 15) is 0 Å². The second kappa shape index (κ2) is 3.74. The number of hydrogen-bond donors (Lipinski definition) is 2. The highest BCUT2D eigenvalue weighted by Gasteiger charge is 2.15. The van der Waals surface area contributed by atoms with Crippen LogP contribution in [0.25, 0.3) is 0 Å². The Morgan fingerprint density at radius 1 is 1.33 bits per heavy atom. The lowest BCUT2D eigenvalue weighted by atomic mass is 9.89. The lowest BCUT2D eigenvalue weighted by molar-refractivity contribution is 0.674. The van der Waals surface area contributed by atoms with Gasteiger partial charge in [0.2, 0.25) is 0 Å². The van der Waals surface area contributed by atoms with Crippen molar-refractivity contribution in [2.45, 2.75) is 39.5 Å². The molecule has 2 heteroatoms. The van der Waals surface area contributed by atoms with Gasteiger partial charge in [-0.1, -0.05) is 13.8 Å². The summed E-state index contributed by atoms with van der Waals surface area (Å²) in [7, 11) is 0. The highest BCUT2D eigenvalue weighted by atomic mass is 14.6. The van der Waals surface area contributed by atoms with Crippen LogP contribution < -0.4 is 5.73 Å². The van der Waals surface area contributed by atoms with Crippen molar-refractivity contribution in [1.82, 2.24) is 0 Å². The molecule has 0 radical (unpaired) electrons. The monoisotopic (exact) mass is 166 g/mol. The Bertz CT molecular complexity index is 214. The minimum Gasteiger partial charge on any atom is -0.402 e. The summed E-state index contributed by atoms with van der Waals surface area (Å²) < 4.78 is 0. The molecule has 0 aromatic carbocycles. The maximum Gasteiger partial charge on any atom is 0.0388 e. The minimum absolute atomic E-state index is 0.316. The predicted molar refractivity (Wildman–Crippen MR) is 52.2 cm³/mol. The summed E-state index contributed by atoms with van der Waals surface area (Å²) in [4.78, 5) is 0. The quantitative estimate of drug-likeness (QED) is 0.608. The molecule has 0 aromatic rings. The zero-order chi connectivity index (χ0) is 9.14. The van der Waals surface area contributed by atoms with Gasteiger partial charge in [-0.3, -0.25) is 0 Å². The van der Waals surface area contributed by atoms with E-state index < -0.39 is 0 Å². The third kappa shape index (κ3) is 1.87. The van der Waals surface area contributed by atoms with E-state index in [4.69, 9.17) is 11.1 Å². The third-order valence-corrected chi connectivity index (χ3v) is 2.41. The van der Waals surface area contributed by atoms with Crippen LogP contribution in [0.4, 0.5) is 0 Å². The van der Waals surface area contributed by atoms with E-state index in [1.54, 1.807) is 0 Å². The Morgan fingerprint density at radius 2 is 1.92 bits per heavy atom. The minimum atomic E-state index is 0.316. The molecule has 3 N–H and O–H groups in total. The van der Waals surface area contributed by atoms with Gasteiger partial charge >= 0.3 is 0 Å². The van der Waals surface area contributed by atoms with Gasteiger partial charge in [0.15, 0.2) is 0 Å². The van der Waals surface area contributed by atoms with Crippen molar-refractivity contribution in [3.8, 4) is 0 Å². The summed E-state index contributed by atoms with van der Waals surface area (Å²) in [6.45, 7) is 4.11. The number of nitrogens with one attached hydrogen (secondary N) is 1. The Morgan fingerprint density at radius 3 is 2.42 bits per heavy atom. The van der Waals surface area contributed by atoms with Crippen LogP contribution >= 0.6 is 0 Å². The lowest BCUT2D eigenvalue weighted by Crippen LogP contribution is -2.18. The molecule has 0 saturated heterocycles. The topological polar surface area (TPSA) is 49.9 Å². The molecule has 0 bridgehead atoms. The maximum absolute atomic E-state index is 7.83. The Balaban J connectivity index is 2.78. The molecule has 12 heavy (non-hydrogen) atoms. The summed E-state index contributed by atoms with van der Waals surface area (Å²) in [6.07, 6.45) is 4.40. The standard InChI is InChI=1S/C10H18N2/c1-7(2)10(12)8-5-3-4-6-9(8)11/h7,12H,3-6,11H2,1-2H3. The van der Waals surface area contributed by atoms with Crippen molar-refractivity contribution in [3.05, 3.63) is 11.3 Å². The molecule has 1 rings (SSSR count). The molecule has 1 aliphatic carbocycles. The fraction of sp³-hybridized carbons (Fsp3) is 0.700. The van der Waals surface area contributed by atoms with Gasteiger partial charge in [0.25, 0.3) is 0 Å². The molecular weight excluding hydrogens is 148 g/mol. The molecular formula is C10H18N2. The van der Waals surface area contributed by atoms with Crippen LogP contribution in [0.1, 0.15) is 39.5 Å². The Hall–Kier alpha value is -0.790. The van der Waals surface area contributed by atoms with E-state index in [2.05, 4.69) is 13.8 Å². The molecule has 0 fully saturated rings. The zero-order valence-corrected chi connectivity index (χ0v) is 7.98. The fourth-order valence-electron chi connectivity index (χ4n) is 1.58. The molecule has 68 valence electrons. The van der Waals surface area contributed by atoms with Crippen LogP contribution in [-0.4, -0.2) is 5.71 Å². The second-order valence-corrected chi connectivity index (χ2v) is 3.78. The summed E-state index contributed by atoms with van der Waals surface area (Å²) >= 11 is 0. The van der Waals surface area contributed by atoms with Gasteiger partial charge in [-0.2, -0.15) is 0 Å². The van der Waals surface area contributed by atoms with Gasteiger partial charge in [0, 0.05) is 11.4 Å². The lowest BCUT2D eigenvalue weighted by Gasteiger charge is -2.19. The van der Waals surface area contributed by atoms with Crippen molar-refractivity contribution in [2.24, 2.45) is 11.7 Å². The van der Waals surface area contributed by atoms with Crippen molar-refractivity contribution in [1.29, 1.82) is 5.41 Å². The first-order chi connectivity index (χ1) is 5.63. The molecule has 0 unspecified atom stereocenters. The highest BCUT2D eigenvalue weighted by Crippen LogP contribution is 2.24. The van der Waals surface area contributed by atoms with E-state index in [1.165, 1.54) is 12.8 Å². The normalized spacial score (nSPS) is 18.6. The highest BCUT2D eigenvalue weighted by molar-refractivity contribution is 5.99. The van der Waals surface area contributed by atoms with Gasteiger partial charge in [-0.15, -0.1) is 0 Å². The van der Waals surface area contributed by atoms with E-state index >= 15 is 0 Å². The number of hydrogen-bond acceptors (Lipinski definition) is 2. The molecule has 2 nitrogen and oxygen atoms in total. The average Bonchev–Trinajstić information content (AvgIpc) is 2.04. The number of rotatable bonds is 2. The van der Waals surface area contributed by atoms with Crippen LogP contribution in [0.2, 0.25) is 0 Å². The summed E-state index contributed by atoms with van der Waals surface area (Å²) in [6, 6.07) is 0. The predicted octanol–water partition coefficient (Wildman–Crippen LogP) is 2.45. The van der Waals surface area contributed by atoms with Crippen LogP contribution in [0.3, 0.4) is 0 Å². The van der Waals surface area contributed by atoms with Crippen LogP contribution in [0.15, 0.2) is 11.3 Å². The van der Waals surface area contributed by atoms with Crippen LogP contribution in [-0.2, 0) is 0 Å². The maximum atomic E-state index is 7.83. The van der Waals surface area contributed by atoms with Crippen molar-refractivity contribution in [2.75, 3.05) is 0 Å². The van der Waals surface area contributed by atoms with E-state index in [0.717, 1.165) is 29.8 Å². The van der Waals surface area contributed by atoms with Gasteiger partial charge in [-0.25, -0.2) is 0 Å². The van der Waals surface area contributed by atoms with Gasteiger partial charge in [0.05, 0.1) is 0 Å². The van der Waals surface area contributed by atoms with Crippen molar-refractivity contribution >= 4 is 5.71 Å². The average molecular weight is 166 g/mol. The van der Waals surface area contributed by atoms with Gasteiger partial charge in [-0.05, 0) is 37.2 Å². The number of allylic oxidation sites excluding steroid dienone is 2. The third-order valence-electron chi connectivity index (χ3n) is 2.41. The first-order valence-corrected chi connectivity index (χ1v) is 4.69. The van der Waals surface area contributed by atoms with E-state index in [1.807, 2.05) is 0 Å². The smallest absolute Gasteiger partial charge is 0.0388 e. The molecule has 0 aromatic heterocycles. The van der Waals surface area contributed by atoms with E-state index in [0.29, 0.717) is 5.92 Å². The van der Waals surface area contributed by atoms with Gasteiger partial charge < -0.3 is 11.1 Å². The molecule has 1 aliphatic rings. The molecule has 0 atom stereocenters. The zero-order valence-electron chi connectivity index (χ0n) is 7.98. The number of nitrogens with two attached hydrogens (primary N) is 1. The molecule has 0 spiro atoms. The summed E-state index contributed by atoms with van der Waals surface area (Å²) in [5.41, 5.74) is 8.68. The van der Waals surface area contributed by atoms with Gasteiger partial charge in [0.1, 0.15) is 0 Å². The van der Waals surface area contributed by atoms with Crippen molar-refractivity contribution in [3.63, 3.8) is 0 Å². The van der Waals surface area contributed by atoms with Crippen LogP contribution in [0.5, 0.6) is 0 Å². The fourth-order valence-corrected chi connectivity index (χ4v) is 1.58. The first-order valence-electron chi connectivity index (χ1n) is 4.69. The van der Waals surface area contributed by atoms with Crippen LogP contribution in [0, 0.1) is 11.3 Å². The summed E-state index contributed by atoms with van der Waals surface area (Å²) in [5, 5.41) is 7.83. The Labute approximate surface area is 74.4 Å². The molecule has 0 aliphatic heterocycles. The summed E-state index contributed by atoms with van der Waals surface area (Å²) in [5.74, 6) is 0.316. The SMILES string of the molecule is CC(C)C(=N)C1=C(N)CCCC1. The molecule has 0 heterocycles. The first kappa shape index (κ1) is 9.30. The van der Waals surface area contributed by atoms with E-state index in [-0.39, 0.29) is 0 Å². The molecule has 0 saturated carbocycles. The molecule has 0 amide bonds. The van der Waals surface area contributed by atoms with Crippen molar-refractivity contribution < 1.29 is 0 Å².